The third-order valence-electron chi connectivity index (χ3n) is 6.52. The minimum Gasteiger partial charge on any atom is -0.478 e. The summed E-state index contributed by atoms with van der Waals surface area (Å²) in [5.41, 5.74) is 4.47. The highest BCUT2D eigenvalue weighted by Gasteiger charge is 2.28. The van der Waals surface area contributed by atoms with E-state index < -0.39 is 5.97 Å². The Kier molecular flexibility index (Phi) is 6.35. The number of likely N-dealkylation sites (N-methyl/N-ethyl adjacent to an activating group) is 1. The number of aromatic nitrogens is 1. The lowest BCUT2D eigenvalue weighted by Crippen LogP contribution is -2.33. The minimum absolute atomic E-state index is 0.0338. The Hall–Kier alpha value is -3.08. The van der Waals surface area contributed by atoms with E-state index in [-0.39, 0.29) is 18.0 Å². The fraction of sp³-hybridized carbons (Fsp3) is 0.407. The van der Waals surface area contributed by atoms with Gasteiger partial charge in [0.15, 0.2) is 0 Å². The molecule has 4 rings (SSSR count). The molecule has 0 spiro atoms. The van der Waals surface area contributed by atoms with Gasteiger partial charge in [-0.2, -0.15) is 0 Å². The number of benzene rings is 2. The van der Waals surface area contributed by atoms with Crippen LogP contribution in [0.1, 0.15) is 61.4 Å². The lowest BCUT2D eigenvalue weighted by molar-refractivity contribution is -0.130. The van der Waals surface area contributed by atoms with Crippen molar-refractivity contribution in [3.63, 3.8) is 0 Å². The van der Waals surface area contributed by atoms with Crippen LogP contribution in [0.4, 0.5) is 0 Å². The lowest BCUT2D eigenvalue weighted by Gasteiger charge is -2.21. The second-order valence-electron chi connectivity index (χ2n) is 9.40. The molecule has 0 saturated heterocycles. The molecule has 168 valence electrons. The van der Waals surface area contributed by atoms with Gasteiger partial charge < -0.3 is 14.6 Å². The second kappa shape index (κ2) is 9.19. The zero-order chi connectivity index (χ0) is 22.8. The van der Waals surface area contributed by atoms with Gasteiger partial charge in [0.1, 0.15) is 6.54 Å². The SMILES string of the molecule is CC(C)CN(C)C(=O)Cn1c(-c2ccccc2)c(C2CCCC2)c2ccc(C(=O)O)cc21. The highest BCUT2D eigenvalue weighted by atomic mass is 16.4. The van der Waals surface area contributed by atoms with Crippen LogP contribution in [-0.2, 0) is 11.3 Å². The number of carbonyl (C=O) groups excluding carboxylic acids is 1. The Morgan fingerprint density at radius 3 is 2.41 bits per heavy atom. The van der Waals surface area contributed by atoms with E-state index in [2.05, 4.69) is 30.5 Å². The molecule has 5 heteroatoms. The van der Waals surface area contributed by atoms with Crippen LogP contribution in [-0.4, -0.2) is 40.0 Å². The van der Waals surface area contributed by atoms with Crippen LogP contribution in [0.3, 0.4) is 0 Å². The van der Waals surface area contributed by atoms with E-state index in [1.54, 1.807) is 17.0 Å². The minimum atomic E-state index is -0.952. The first kappa shape index (κ1) is 22.1. The van der Waals surface area contributed by atoms with Gasteiger partial charge in [-0.1, -0.05) is 63.1 Å². The molecule has 1 amide bonds. The molecule has 1 N–H and O–H groups in total. The van der Waals surface area contributed by atoms with E-state index in [0.29, 0.717) is 18.4 Å². The van der Waals surface area contributed by atoms with Crippen LogP contribution < -0.4 is 0 Å². The normalized spacial score (nSPS) is 14.4. The third-order valence-corrected chi connectivity index (χ3v) is 6.52. The highest BCUT2D eigenvalue weighted by Crippen LogP contribution is 2.45. The molecular weight excluding hydrogens is 400 g/mol. The van der Waals surface area contributed by atoms with E-state index in [1.165, 1.54) is 18.4 Å². The summed E-state index contributed by atoms with van der Waals surface area (Å²) in [7, 11) is 1.84. The van der Waals surface area contributed by atoms with Gasteiger partial charge in [-0.15, -0.1) is 0 Å². The predicted octanol–water partition coefficient (Wildman–Crippen LogP) is 5.78. The number of carboxylic acids is 1. The Morgan fingerprint density at radius 2 is 1.78 bits per heavy atom. The average Bonchev–Trinajstić information content (AvgIpc) is 3.39. The number of carbonyl (C=O) groups is 2. The van der Waals surface area contributed by atoms with Gasteiger partial charge in [-0.05, 0) is 47.9 Å². The molecule has 0 radical (unpaired) electrons. The van der Waals surface area contributed by atoms with Crippen molar-refractivity contribution in [2.24, 2.45) is 5.92 Å². The first-order valence-corrected chi connectivity index (χ1v) is 11.6. The first-order valence-electron chi connectivity index (χ1n) is 11.6. The zero-order valence-corrected chi connectivity index (χ0v) is 19.2. The molecule has 1 aliphatic rings. The van der Waals surface area contributed by atoms with Gasteiger partial charge in [0.2, 0.25) is 5.91 Å². The van der Waals surface area contributed by atoms with Crippen LogP contribution in [0, 0.1) is 5.92 Å². The van der Waals surface area contributed by atoms with Crippen molar-refractivity contribution in [3.8, 4) is 11.3 Å². The van der Waals surface area contributed by atoms with Crippen molar-refractivity contribution >= 4 is 22.8 Å². The van der Waals surface area contributed by atoms with Crippen molar-refractivity contribution in [1.82, 2.24) is 9.47 Å². The summed E-state index contributed by atoms with van der Waals surface area (Å²) in [4.78, 5) is 26.7. The quantitative estimate of drug-likeness (QED) is 0.515. The Morgan fingerprint density at radius 1 is 1.09 bits per heavy atom. The summed E-state index contributed by atoms with van der Waals surface area (Å²) in [5, 5.41) is 10.7. The van der Waals surface area contributed by atoms with Crippen molar-refractivity contribution in [2.45, 2.75) is 52.0 Å². The summed E-state index contributed by atoms with van der Waals surface area (Å²) >= 11 is 0. The fourth-order valence-electron chi connectivity index (χ4n) is 5.11. The van der Waals surface area contributed by atoms with Gasteiger partial charge in [0, 0.05) is 19.0 Å². The van der Waals surface area contributed by atoms with Crippen molar-refractivity contribution in [1.29, 1.82) is 0 Å². The number of aromatic carboxylic acids is 1. The molecule has 1 aromatic heterocycles. The van der Waals surface area contributed by atoms with Crippen molar-refractivity contribution < 1.29 is 14.7 Å². The van der Waals surface area contributed by atoms with Gasteiger partial charge in [0.25, 0.3) is 0 Å². The molecule has 0 atom stereocenters. The Labute approximate surface area is 189 Å². The van der Waals surface area contributed by atoms with Crippen LogP contribution in [0.5, 0.6) is 0 Å². The lowest BCUT2D eigenvalue weighted by atomic mass is 9.92. The summed E-state index contributed by atoms with van der Waals surface area (Å²) in [6.45, 7) is 5.08. The highest BCUT2D eigenvalue weighted by molar-refractivity contribution is 5.99. The van der Waals surface area contributed by atoms with E-state index in [9.17, 15) is 14.7 Å². The maximum absolute atomic E-state index is 13.2. The third kappa shape index (κ3) is 4.29. The van der Waals surface area contributed by atoms with Crippen LogP contribution in [0.2, 0.25) is 0 Å². The fourth-order valence-corrected chi connectivity index (χ4v) is 5.11. The molecule has 5 nitrogen and oxygen atoms in total. The van der Waals surface area contributed by atoms with E-state index in [4.69, 9.17) is 0 Å². The largest absolute Gasteiger partial charge is 0.478 e. The zero-order valence-electron chi connectivity index (χ0n) is 19.2. The van der Waals surface area contributed by atoms with Gasteiger partial charge in [0.05, 0.1) is 16.8 Å². The van der Waals surface area contributed by atoms with Gasteiger partial charge >= 0.3 is 5.97 Å². The number of hydrogen-bond acceptors (Lipinski definition) is 2. The second-order valence-corrected chi connectivity index (χ2v) is 9.40. The van der Waals surface area contributed by atoms with E-state index in [0.717, 1.165) is 35.0 Å². The first-order chi connectivity index (χ1) is 15.4. The summed E-state index contributed by atoms with van der Waals surface area (Å²) in [6, 6.07) is 15.6. The van der Waals surface area contributed by atoms with Gasteiger partial charge in [-0.3, -0.25) is 4.79 Å². The van der Waals surface area contributed by atoms with Crippen molar-refractivity contribution in [3.05, 3.63) is 59.7 Å². The number of amides is 1. The molecule has 0 aliphatic heterocycles. The number of rotatable bonds is 7. The molecule has 1 fully saturated rings. The van der Waals surface area contributed by atoms with E-state index in [1.807, 2.05) is 31.3 Å². The number of carboxylic acid groups (broad SMARTS) is 1. The summed E-state index contributed by atoms with van der Waals surface area (Å²) in [6.07, 6.45) is 4.66. The molecular formula is C27H32N2O3. The Balaban J connectivity index is 1.94. The average molecular weight is 433 g/mol. The monoisotopic (exact) mass is 432 g/mol. The molecule has 1 heterocycles. The Bertz CT molecular complexity index is 1120. The molecule has 32 heavy (non-hydrogen) atoms. The number of hydrogen-bond donors (Lipinski definition) is 1. The number of nitrogens with zero attached hydrogens (tertiary/aromatic N) is 2. The van der Waals surface area contributed by atoms with E-state index >= 15 is 0 Å². The molecule has 2 aromatic carbocycles. The topological polar surface area (TPSA) is 62.5 Å². The maximum atomic E-state index is 13.2. The molecule has 1 aliphatic carbocycles. The predicted molar refractivity (Wildman–Crippen MR) is 128 cm³/mol. The molecule has 0 bridgehead atoms. The summed E-state index contributed by atoms with van der Waals surface area (Å²) < 4.78 is 2.06. The summed E-state index contributed by atoms with van der Waals surface area (Å²) in [5.74, 6) is -0.113. The van der Waals surface area contributed by atoms with Crippen LogP contribution in [0.25, 0.3) is 22.2 Å². The van der Waals surface area contributed by atoms with Crippen LogP contribution in [0.15, 0.2) is 48.5 Å². The smallest absolute Gasteiger partial charge is 0.335 e. The van der Waals surface area contributed by atoms with Crippen molar-refractivity contribution in [2.75, 3.05) is 13.6 Å². The standard InChI is InChI=1S/C27H32N2O3/c1-18(2)16-28(3)24(30)17-29-23-15-21(27(31)32)13-14-22(23)25(19-9-7-8-10-19)26(29)20-11-5-4-6-12-20/h4-6,11-15,18-19H,7-10,16-17H2,1-3H3,(H,31,32). The van der Waals surface area contributed by atoms with Gasteiger partial charge in [-0.25, -0.2) is 4.79 Å². The molecule has 1 saturated carbocycles. The molecule has 3 aromatic rings. The maximum Gasteiger partial charge on any atom is 0.335 e. The van der Waals surface area contributed by atoms with Crippen LogP contribution >= 0.6 is 0 Å². The molecule has 0 unspecified atom stereocenters. The number of fused-ring (bicyclic) bond motifs is 1.